The quantitative estimate of drug-likeness (QED) is 0.460. The fourth-order valence-electron chi connectivity index (χ4n) is 1.95. The Kier molecular flexibility index (Phi) is 6.47. The van der Waals surface area contributed by atoms with Crippen LogP contribution in [0, 0.1) is 0 Å². The molecule has 0 aromatic heterocycles. The Labute approximate surface area is 129 Å². The molecule has 0 radical (unpaired) electrons. The van der Waals surface area contributed by atoms with Crippen LogP contribution in [0.2, 0.25) is 0 Å². The van der Waals surface area contributed by atoms with Crippen LogP contribution < -0.4 is 10.9 Å². The van der Waals surface area contributed by atoms with Crippen LogP contribution >= 0.6 is 23.5 Å². The van der Waals surface area contributed by atoms with Gasteiger partial charge in [0.05, 0.1) is 0 Å². The third kappa shape index (κ3) is 4.56. The smallest absolute Gasteiger partial charge is 0.0362 e. The summed E-state index contributed by atoms with van der Waals surface area (Å²) in [5, 5.41) is 0. The lowest BCUT2D eigenvalue weighted by Crippen LogP contribution is -2.30. The second kappa shape index (κ2) is 8.37. The minimum absolute atomic E-state index is 0.829. The zero-order valence-electron chi connectivity index (χ0n) is 11.8. The molecule has 0 amide bonds. The predicted molar refractivity (Wildman–Crippen MR) is 90.1 cm³/mol. The number of nitrogens with one attached hydrogen (secondary N) is 2. The topological polar surface area (TPSA) is 24.1 Å². The number of hydrazine groups is 1. The molecular weight excluding hydrogens is 284 g/mol. The molecule has 0 aliphatic carbocycles. The van der Waals surface area contributed by atoms with E-state index in [2.05, 4.69) is 71.9 Å². The molecule has 0 aliphatic rings. The molecule has 0 saturated heterocycles. The molecule has 2 rings (SSSR count). The number of hydrogen-bond acceptors (Lipinski definition) is 4. The molecular formula is C16H20N2S2. The van der Waals surface area contributed by atoms with Crippen molar-refractivity contribution in [3.05, 3.63) is 59.7 Å². The van der Waals surface area contributed by atoms with E-state index in [-0.39, 0.29) is 0 Å². The van der Waals surface area contributed by atoms with E-state index in [9.17, 15) is 0 Å². The minimum atomic E-state index is 0.829. The lowest BCUT2D eigenvalue weighted by atomic mass is 10.2. The summed E-state index contributed by atoms with van der Waals surface area (Å²) in [6, 6.07) is 17.1. The van der Waals surface area contributed by atoms with Gasteiger partial charge < -0.3 is 0 Å². The molecule has 0 aliphatic heterocycles. The van der Waals surface area contributed by atoms with Crippen LogP contribution in [-0.4, -0.2) is 12.5 Å². The largest absolute Gasteiger partial charge is 0.253 e. The third-order valence-electron chi connectivity index (χ3n) is 3.02. The van der Waals surface area contributed by atoms with Gasteiger partial charge in [-0.1, -0.05) is 30.3 Å². The van der Waals surface area contributed by atoms with Gasteiger partial charge in [-0.15, -0.1) is 23.5 Å². The van der Waals surface area contributed by atoms with E-state index in [1.54, 1.807) is 23.5 Å². The van der Waals surface area contributed by atoms with Gasteiger partial charge in [0.15, 0.2) is 0 Å². The standard InChI is InChI=1S/C16H20N2S2/c1-19-15-8-5-6-13(10-15)11-17-18-12-14-7-3-4-9-16(14)20-2/h3-10,17-18H,11-12H2,1-2H3. The second-order valence-corrected chi connectivity index (χ2v) is 6.10. The number of rotatable bonds is 7. The highest BCUT2D eigenvalue weighted by Crippen LogP contribution is 2.19. The molecule has 0 heterocycles. The van der Waals surface area contributed by atoms with Crippen molar-refractivity contribution < 1.29 is 0 Å². The second-order valence-electron chi connectivity index (χ2n) is 4.37. The van der Waals surface area contributed by atoms with Gasteiger partial charge in [-0.25, -0.2) is 0 Å². The Morgan fingerprint density at radius 2 is 1.65 bits per heavy atom. The molecule has 106 valence electrons. The van der Waals surface area contributed by atoms with Gasteiger partial charge in [0.25, 0.3) is 0 Å². The number of hydrogen-bond donors (Lipinski definition) is 2. The first-order chi connectivity index (χ1) is 9.83. The lowest BCUT2D eigenvalue weighted by Gasteiger charge is -2.10. The van der Waals surface area contributed by atoms with Gasteiger partial charge >= 0.3 is 0 Å². The van der Waals surface area contributed by atoms with Crippen molar-refractivity contribution in [2.75, 3.05) is 12.5 Å². The molecule has 0 fully saturated rings. The molecule has 2 nitrogen and oxygen atoms in total. The van der Waals surface area contributed by atoms with E-state index >= 15 is 0 Å². The Bertz CT molecular complexity index is 544. The van der Waals surface area contributed by atoms with Gasteiger partial charge in [0, 0.05) is 22.9 Å². The molecule has 0 bridgehead atoms. The van der Waals surface area contributed by atoms with Gasteiger partial charge in [-0.3, -0.25) is 10.9 Å². The van der Waals surface area contributed by atoms with Crippen LogP contribution in [-0.2, 0) is 13.1 Å². The summed E-state index contributed by atoms with van der Waals surface area (Å²) in [6.45, 7) is 1.66. The Hall–Kier alpha value is -0.940. The molecule has 0 atom stereocenters. The monoisotopic (exact) mass is 304 g/mol. The van der Waals surface area contributed by atoms with E-state index in [1.165, 1.54) is 20.9 Å². The van der Waals surface area contributed by atoms with E-state index in [0.29, 0.717) is 0 Å². The van der Waals surface area contributed by atoms with E-state index < -0.39 is 0 Å². The normalized spacial score (nSPS) is 10.7. The summed E-state index contributed by atoms with van der Waals surface area (Å²) in [4.78, 5) is 2.63. The minimum Gasteiger partial charge on any atom is -0.253 e. The summed E-state index contributed by atoms with van der Waals surface area (Å²) in [5.41, 5.74) is 9.19. The van der Waals surface area contributed by atoms with Crippen molar-refractivity contribution in [1.82, 2.24) is 10.9 Å². The lowest BCUT2D eigenvalue weighted by molar-refractivity contribution is 0.526. The third-order valence-corrected chi connectivity index (χ3v) is 4.59. The molecule has 2 N–H and O–H groups in total. The van der Waals surface area contributed by atoms with Crippen LogP contribution in [0.3, 0.4) is 0 Å². The van der Waals surface area contributed by atoms with Gasteiger partial charge in [-0.2, -0.15) is 0 Å². The average Bonchev–Trinajstić information content (AvgIpc) is 2.52. The highest BCUT2D eigenvalue weighted by molar-refractivity contribution is 7.98. The van der Waals surface area contributed by atoms with E-state index in [0.717, 1.165) is 13.1 Å². The van der Waals surface area contributed by atoms with Crippen LogP contribution in [0.15, 0.2) is 58.3 Å². The van der Waals surface area contributed by atoms with Crippen LogP contribution in [0.4, 0.5) is 0 Å². The van der Waals surface area contributed by atoms with Crippen molar-refractivity contribution in [1.29, 1.82) is 0 Å². The highest BCUT2D eigenvalue weighted by Gasteiger charge is 1.99. The molecule has 2 aromatic rings. The highest BCUT2D eigenvalue weighted by atomic mass is 32.2. The van der Waals surface area contributed by atoms with Crippen molar-refractivity contribution in [3.8, 4) is 0 Å². The summed E-state index contributed by atoms with van der Waals surface area (Å²) < 4.78 is 0. The Morgan fingerprint density at radius 3 is 2.45 bits per heavy atom. The molecule has 0 spiro atoms. The zero-order valence-corrected chi connectivity index (χ0v) is 13.5. The fourth-order valence-corrected chi connectivity index (χ4v) is 3.05. The predicted octanol–water partition coefficient (Wildman–Crippen LogP) is 3.92. The summed E-state index contributed by atoms with van der Waals surface area (Å²) in [6.07, 6.45) is 4.21. The fraction of sp³-hybridized carbons (Fsp3) is 0.250. The van der Waals surface area contributed by atoms with E-state index in [1.807, 2.05) is 0 Å². The Morgan fingerprint density at radius 1 is 0.850 bits per heavy atom. The molecule has 20 heavy (non-hydrogen) atoms. The Balaban J connectivity index is 1.81. The van der Waals surface area contributed by atoms with Crippen molar-refractivity contribution >= 4 is 23.5 Å². The first-order valence-corrected chi connectivity index (χ1v) is 8.99. The first kappa shape index (κ1) is 15.4. The summed E-state index contributed by atoms with van der Waals surface area (Å²) in [5.74, 6) is 0. The van der Waals surface area contributed by atoms with Crippen LogP contribution in [0.5, 0.6) is 0 Å². The van der Waals surface area contributed by atoms with Crippen LogP contribution in [0.1, 0.15) is 11.1 Å². The summed E-state index contributed by atoms with van der Waals surface area (Å²) >= 11 is 3.56. The average molecular weight is 304 g/mol. The number of benzene rings is 2. The molecule has 0 saturated carbocycles. The molecule has 4 heteroatoms. The SMILES string of the molecule is CSc1cccc(CNNCc2ccccc2SC)c1. The maximum Gasteiger partial charge on any atom is 0.0362 e. The first-order valence-electron chi connectivity index (χ1n) is 6.54. The zero-order chi connectivity index (χ0) is 14.2. The van der Waals surface area contributed by atoms with Gasteiger partial charge in [0.2, 0.25) is 0 Å². The van der Waals surface area contributed by atoms with Gasteiger partial charge in [-0.05, 0) is 41.8 Å². The molecule has 0 unspecified atom stereocenters. The maximum atomic E-state index is 3.29. The van der Waals surface area contributed by atoms with Crippen LogP contribution in [0.25, 0.3) is 0 Å². The number of thioether (sulfide) groups is 2. The van der Waals surface area contributed by atoms with Crippen molar-refractivity contribution in [2.45, 2.75) is 22.9 Å². The van der Waals surface area contributed by atoms with Crippen molar-refractivity contribution in [3.63, 3.8) is 0 Å². The van der Waals surface area contributed by atoms with E-state index in [4.69, 9.17) is 0 Å². The summed E-state index contributed by atoms with van der Waals surface area (Å²) in [7, 11) is 0. The molecule has 2 aromatic carbocycles. The van der Waals surface area contributed by atoms with Gasteiger partial charge in [0.1, 0.15) is 0 Å². The maximum absolute atomic E-state index is 3.29. The van der Waals surface area contributed by atoms with Crippen molar-refractivity contribution in [2.24, 2.45) is 0 Å².